The number of hydrogen-bond acceptors (Lipinski definition) is 2. The normalized spacial score (nSPS) is 11.0. The van der Waals surface area contributed by atoms with E-state index in [0.29, 0.717) is 0 Å². The minimum atomic E-state index is 1.04. The van der Waals surface area contributed by atoms with Crippen LogP contribution in [0.2, 0.25) is 0 Å². The number of nitrogens with zero attached hydrogens (tertiary/aromatic N) is 2. The first kappa shape index (κ1) is 15.7. The molecule has 0 aliphatic heterocycles. The molecule has 0 saturated carbocycles. The van der Waals surface area contributed by atoms with Crippen LogP contribution in [0.3, 0.4) is 0 Å². The zero-order valence-electron chi connectivity index (χ0n) is 13.3. The number of rotatable bonds is 8. The zero-order chi connectivity index (χ0) is 14.9. The lowest BCUT2D eigenvalue weighted by Gasteiger charge is -2.16. The van der Waals surface area contributed by atoms with Crippen molar-refractivity contribution < 1.29 is 0 Å². The van der Waals surface area contributed by atoms with E-state index < -0.39 is 0 Å². The first-order chi connectivity index (χ1) is 10.3. The number of pyridine rings is 1. The molecule has 0 atom stereocenters. The fraction of sp³-hybridized carbons (Fsp3) is 0.421. The molecule has 0 N–H and O–H groups in total. The van der Waals surface area contributed by atoms with Gasteiger partial charge in [0.2, 0.25) is 0 Å². The first-order valence-electron chi connectivity index (χ1n) is 7.94. The fourth-order valence-corrected chi connectivity index (χ4v) is 2.68. The van der Waals surface area contributed by atoms with Gasteiger partial charge >= 0.3 is 0 Å². The van der Waals surface area contributed by atoms with Crippen LogP contribution < -0.4 is 0 Å². The summed E-state index contributed by atoms with van der Waals surface area (Å²) in [5.74, 6) is 0. The largest absolute Gasteiger partial charge is 0.302 e. The predicted molar refractivity (Wildman–Crippen MR) is 89.3 cm³/mol. The Morgan fingerprint density at radius 2 is 1.86 bits per heavy atom. The Morgan fingerprint density at radius 3 is 2.62 bits per heavy atom. The first-order valence-corrected chi connectivity index (χ1v) is 7.94. The van der Waals surface area contributed by atoms with Crippen molar-refractivity contribution >= 4 is 0 Å². The highest BCUT2D eigenvalue weighted by atomic mass is 15.1. The molecule has 0 amide bonds. The maximum Gasteiger partial charge on any atom is 0.0403 e. The molecule has 0 spiro atoms. The van der Waals surface area contributed by atoms with E-state index in [2.05, 4.69) is 60.3 Å². The monoisotopic (exact) mass is 282 g/mol. The minimum Gasteiger partial charge on any atom is -0.302 e. The van der Waals surface area contributed by atoms with Crippen LogP contribution >= 0.6 is 0 Å². The van der Waals surface area contributed by atoms with Gasteiger partial charge in [0.25, 0.3) is 0 Å². The van der Waals surface area contributed by atoms with Crippen molar-refractivity contribution in [2.75, 3.05) is 13.6 Å². The molecule has 1 heterocycles. The molecule has 2 heteroatoms. The number of benzene rings is 1. The minimum absolute atomic E-state index is 1.04. The number of hydrogen-bond donors (Lipinski definition) is 0. The van der Waals surface area contributed by atoms with Crippen LogP contribution in [0, 0.1) is 0 Å². The van der Waals surface area contributed by atoms with Gasteiger partial charge in [0.05, 0.1) is 0 Å². The van der Waals surface area contributed by atoms with Gasteiger partial charge in [0.1, 0.15) is 0 Å². The van der Waals surface area contributed by atoms with E-state index in [1.54, 1.807) is 0 Å². The Labute approximate surface area is 128 Å². The maximum atomic E-state index is 4.38. The van der Waals surface area contributed by atoms with Crippen molar-refractivity contribution in [1.29, 1.82) is 0 Å². The Morgan fingerprint density at radius 1 is 1.00 bits per heavy atom. The summed E-state index contributed by atoms with van der Waals surface area (Å²) in [6, 6.07) is 15.1. The predicted octanol–water partition coefficient (Wildman–Crippen LogP) is 4.10. The van der Waals surface area contributed by atoms with Crippen LogP contribution in [0.4, 0.5) is 0 Å². The van der Waals surface area contributed by atoms with Crippen molar-refractivity contribution in [2.24, 2.45) is 0 Å². The lowest BCUT2D eigenvalue weighted by Crippen LogP contribution is -2.18. The molecule has 0 aliphatic rings. The van der Waals surface area contributed by atoms with Crippen molar-refractivity contribution in [3.8, 4) is 0 Å². The summed E-state index contributed by atoms with van der Waals surface area (Å²) in [5, 5.41) is 0. The van der Waals surface area contributed by atoms with Gasteiger partial charge in [-0.3, -0.25) is 4.98 Å². The molecule has 2 rings (SSSR count). The highest BCUT2D eigenvalue weighted by Gasteiger charge is 2.01. The van der Waals surface area contributed by atoms with E-state index in [0.717, 1.165) is 32.4 Å². The van der Waals surface area contributed by atoms with Crippen LogP contribution in [0.5, 0.6) is 0 Å². The summed E-state index contributed by atoms with van der Waals surface area (Å²) >= 11 is 0. The van der Waals surface area contributed by atoms with Crippen molar-refractivity contribution in [3.05, 3.63) is 65.5 Å². The van der Waals surface area contributed by atoms with Gasteiger partial charge in [-0.25, -0.2) is 0 Å². The van der Waals surface area contributed by atoms with Gasteiger partial charge < -0.3 is 4.90 Å². The summed E-state index contributed by atoms with van der Waals surface area (Å²) < 4.78 is 0. The van der Waals surface area contributed by atoms with Crippen LogP contribution in [-0.2, 0) is 19.4 Å². The second-order valence-corrected chi connectivity index (χ2v) is 5.73. The van der Waals surface area contributed by atoms with Crippen LogP contribution in [0.1, 0.15) is 36.6 Å². The van der Waals surface area contributed by atoms with Gasteiger partial charge in [-0.2, -0.15) is 0 Å². The van der Waals surface area contributed by atoms with Gasteiger partial charge in [-0.1, -0.05) is 37.3 Å². The molecule has 112 valence electrons. The smallest absolute Gasteiger partial charge is 0.0403 e. The fourth-order valence-electron chi connectivity index (χ4n) is 2.68. The zero-order valence-corrected chi connectivity index (χ0v) is 13.3. The molecule has 2 aromatic rings. The summed E-state index contributed by atoms with van der Waals surface area (Å²) in [6.45, 7) is 4.43. The second kappa shape index (κ2) is 8.58. The Balaban J connectivity index is 1.83. The van der Waals surface area contributed by atoms with E-state index in [9.17, 15) is 0 Å². The summed E-state index contributed by atoms with van der Waals surface area (Å²) in [7, 11) is 2.19. The molecule has 2 nitrogen and oxygen atoms in total. The second-order valence-electron chi connectivity index (χ2n) is 5.73. The lowest BCUT2D eigenvalue weighted by molar-refractivity contribution is 0.327. The van der Waals surface area contributed by atoms with Crippen LogP contribution in [0.15, 0.2) is 48.7 Å². The van der Waals surface area contributed by atoms with E-state index >= 15 is 0 Å². The quantitative estimate of drug-likeness (QED) is 0.724. The molecule has 1 aromatic carbocycles. The third-order valence-corrected chi connectivity index (χ3v) is 3.67. The van der Waals surface area contributed by atoms with Crippen molar-refractivity contribution in [2.45, 2.75) is 39.2 Å². The summed E-state index contributed by atoms with van der Waals surface area (Å²) in [4.78, 5) is 6.76. The highest BCUT2D eigenvalue weighted by Crippen LogP contribution is 2.11. The molecule has 0 saturated heterocycles. The Bertz CT molecular complexity index is 522. The number of aromatic nitrogens is 1. The highest BCUT2D eigenvalue weighted by molar-refractivity contribution is 5.23. The van der Waals surface area contributed by atoms with E-state index in [4.69, 9.17) is 0 Å². The summed E-state index contributed by atoms with van der Waals surface area (Å²) in [6.07, 6.45) is 6.42. The van der Waals surface area contributed by atoms with Gasteiger partial charge in [-0.15, -0.1) is 0 Å². The van der Waals surface area contributed by atoms with Crippen molar-refractivity contribution in [3.63, 3.8) is 0 Å². The average molecular weight is 282 g/mol. The van der Waals surface area contributed by atoms with Gasteiger partial charge in [0, 0.05) is 18.4 Å². The topological polar surface area (TPSA) is 16.1 Å². The van der Waals surface area contributed by atoms with Gasteiger partial charge in [-0.05, 0) is 62.5 Å². The lowest BCUT2D eigenvalue weighted by atomic mass is 10.0. The Kier molecular flexibility index (Phi) is 6.42. The standard InChI is InChI=1S/C19H26N2/c1-3-14-21(2)16-18-10-6-8-17(15-18)9-7-12-19-11-4-5-13-20-19/h4-6,8,10-11,13,15H,3,7,9,12,14,16H2,1-2H3. The molecule has 1 aromatic heterocycles. The Hall–Kier alpha value is -1.67. The van der Waals surface area contributed by atoms with Crippen molar-refractivity contribution in [1.82, 2.24) is 9.88 Å². The average Bonchev–Trinajstić information content (AvgIpc) is 2.49. The SMILES string of the molecule is CCCN(C)Cc1cccc(CCCc2ccccn2)c1. The molecule has 0 fully saturated rings. The number of aryl methyl sites for hydroxylation is 2. The van der Waals surface area contributed by atoms with E-state index in [-0.39, 0.29) is 0 Å². The van der Waals surface area contributed by atoms with E-state index in [1.165, 1.54) is 23.2 Å². The molecular weight excluding hydrogens is 256 g/mol. The third kappa shape index (κ3) is 5.68. The van der Waals surface area contributed by atoms with Gasteiger partial charge in [0.15, 0.2) is 0 Å². The summed E-state index contributed by atoms with van der Waals surface area (Å²) in [5.41, 5.74) is 4.05. The van der Waals surface area contributed by atoms with E-state index in [1.807, 2.05) is 12.3 Å². The molecule has 0 bridgehead atoms. The molecule has 0 unspecified atom stereocenters. The third-order valence-electron chi connectivity index (χ3n) is 3.67. The van der Waals surface area contributed by atoms with Crippen LogP contribution in [0.25, 0.3) is 0 Å². The molecule has 0 radical (unpaired) electrons. The molecule has 21 heavy (non-hydrogen) atoms. The molecule has 0 aliphatic carbocycles. The molecular formula is C19H26N2. The maximum absolute atomic E-state index is 4.38. The van der Waals surface area contributed by atoms with Crippen LogP contribution in [-0.4, -0.2) is 23.5 Å².